The Bertz CT molecular complexity index is 1310. The summed E-state index contributed by atoms with van der Waals surface area (Å²) >= 11 is 2.11. The van der Waals surface area contributed by atoms with Gasteiger partial charge < -0.3 is 4.74 Å². The highest BCUT2D eigenvalue weighted by molar-refractivity contribution is 14.1. The molecule has 3 aromatic rings. The number of benzene rings is 3. The van der Waals surface area contributed by atoms with Crippen molar-refractivity contribution >= 4 is 56.1 Å². The van der Waals surface area contributed by atoms with E-state index in [2.05, 4.69) is 33.1 Å². The molecule has 0 radical (unpaired) electrons. The number of hydrazone groups is 1. The standard InChI is InChI=1S/C23H21IN4O6S/c1-35(32,33)27(20-10-6-19(24)7-11-20)15-23(29)26-25-14-17-4-12-22(13-5-17)34-16-18-2-8-21(9-3-18)28(30)31/h2-14H,15-16H2,1H3,(H,26,29)/b25-14-. The predicted molar refractivity (Wildman–Crippen MR) is 141 cm³/mol. The molecule has 3 rings (SSSR count). The van der Waals surface area contributed by atoms with Crippen LogP contribution in [0.1, 0.15) is 11.1 Å². The Morgan fingerprint density at radius 3 is 2.29 bits per heavy atom. The summed E-state index contributed by atoms with van der Waals surface area (Å²) in [6.45, 7) is -0.162. The number of rotatable bonds is 10. The predicted octanol–water partition coefficient (Wildman–Crippen LogP) is 3.69. The van der Waals surface area contributed by atoms with Crippen molar-refractivity contribution in [3.8, 4) is 5.75 Å². The molecule has 0 unspecified atom stereocenters. The van der Waals surface area contributed by atoms with E-state index >= 15 is 0 Å². The Hall–Kier alpha value is -3.52. The molecule has 0 aliphatic heterocycles. The molecule has 0 saturated carbocycles. The number of hydrogen-bond acceptors (Lipinski definition) is 7. The molecule has 0 aliphatic rings. The molecule has 1 amide bonds. The molecular formula is C23H21IN4O6S. The lowest BCUT2D eigenvalue weighted by Gasteiger charge is -2.21. The van der Waals surface area contributed by atoms with Gasteiger partial charge in [-0.05, 0) is 94.4 Å². The van der Waals surface area contributed by atoms with Gasteiger partial charge in [-0.2, -0.15) is 5.10 Å². The van der Waals surface area contributed by atoms with E-state index in [9.17, 15) is 23.3 Å². The van der Waals surface area contributed by atoms with E-state index < -0.39 is 27.4 Å². The smallest absolute Gasteiger partial charge is 0.269 e. The van der Waals surface area contributed by atoms with E-state index in [-0.39, 0.29) is 12.3 Å². The normalized spacial score (nSPS) is 11.3. The fraction of sp³-hybridized carbons (Fsp3) is 0.130. The number of nitro groups is 1. The van der Waals surface area contributed by atoms with Crippen molar-refractivity contribution < 1.29 is 22.9 Å². The van der Waals surface area contributed by atoms with Crippen LogP contribution in [-0.2, 0) is 21.4 Å². The summed E-state index contributed by atoms with van der Waals surface area (Å²) in [6, 6.07) is 19.8. The van der Waals surface area contributed by atoms with Crippen LogP contribution >= 0.6 is 22.6 Å². The average Bonchev–Trinajstić information content (AvgIpc) is 2.82. The van der Waals surface area contributed by atoms with Gasteiger partial charge in [-0.15, -0.1) is 0 Å². The van der Waals surface area contributed by atoms with Gasteiger partial charge >= 0.3 is 0 Å². The van der Waals surface area contributed by atoms with E-state index in [1.165, 1.54) is 18.3 Å². The Balaban J connectivity index is 1.52. The lowest BCUT2D eigenvalue weighted by molar-refractivity contribution is -0.384. The number of hydrogen-bond donors (Lipinski definition) is 1. The fourth-order valence-corrected chi connectivity index (χ4v) is 4.10. The summed E-state index contributed by atoms with van der Waals surface area (Å²) in [5.74, 6) is -0.000805. The van der Waals surface area contributed by atoms with Crippen molar-refractivity contribution in [2.45, 2.75) is 6.61 Å². The number of sulfonamides is 1. The topological polar surface area (TPSA) is 131 Å². The monoisotopic (exact) mass is 608 g/mol. The molecule has 182 valence electrons. The summed E-state index contributed by atoms with van der Waals surface area (Å²) in [7, 11) is -3.67. The highest BCUT2D eigenvalue weighted by Gasteiger charge is 2.20. The van der Waals surface area contributed by atoms with E-state index in [4.69, 9.17) is 4.74 Å². The van der Waals surface area contributed by atoms with Crippen LogP contribution in [0, 0.1) is 13.7 Å². The van der Waals surface area contributed by atoms with Crippen molar-refractivity contribution in [2.75, 3.05) is 17.1 Å². The second-order valence-corrected chi connectivity index (χ2v) is 10.5. The number of carbonyl (C=O) groups excluding carboxylic acids is 1. The minimum atomic E-state index is -3.67. The molecule has 0 aliphatic carbocycles. The van der Waals surface area contributed by atoms with E-state index in [0.29, 0.717) is 17.0 Å². The van der Waals surface area contributed by atoms with Crippen molar-refractivity contribution in [1.29, 1.82) is 0 Å². The van der Waals surface area contributed by atoms with E-state index in [1.54, 1.807) is 60.7 Å². The number of nitrogens with one attached hydrogen (secondary N) is 1. The highest BCUT2D eigenvalue weighted by atomic mass is 127. The van der Waals surface area contributed by atoms with Crippen molar-refractivity contribution in [3.63, 3.8) is 0 Å². The van der Waals surface area contributed by atoms with Crippen LogP contribution in [-0.4, -0.2) is 38.3 Å². The Kier molecular flexibility index (Phi) is 8.76. The zero-order valence-corrected chi connectivity index (χ0v) is 21.5. The molecule has 0 fully saturated rings. The summed E-state index contributed by atoms with van der Waals surface area (Å²) in [4.78, 5) is 22.5. The first-order chi connectivity index (χ1) is 16.6. The number of nitrogens with zero attached hydrogens (tertiary/aromatic N) is 3. The fourth-order valence-electron chi connectivity index (χ4n) is 2.88. The third-order valence-electron chi connectivity index (χ3n) is 4.64. The number of halogens is 1. The van der Waals surface area contributed by atoms with Crippen molar-refractivity contribution in [1.82, 2.24) is 5.43 Å². The first-order valence-electron chi connectivity index (χ1n) is 10.1. The molecule has 0 saturated heterocycles. The molecule has 3 aromatic carbocycles. The molecule has 0 atom stereocenters. The van der Waals surface area contributed by atoms with Gasteiger partial charge in [0.05, 0.1) is 23.1 Å². The molecule has 1 N–H and O–H groups in total. The van der Waals surface area contributed by atoms with Gasteiger partial charge in [0.25, 0.3) is 11.6 Å². The van der Waals surface area contributed by atoms with E-state index in [1.807, 2.05) is 0 Å². The third kappa shape index (κ3) is 8.03. The number of nitro benzene ring substituents is 1. The lowest BCUT2D eigenvalue weighted by Crippen LogP contribution is -2.39. The maximum atomic E-state index is 12.3. The highest BCUT2D eigenvalue weighted by Crippen LogP contribution is 2.19. The van der Waals surface area contributed by atoms with E-state index in [0.717, 1.165) is 19.7 Å². The Morgan fingerprint density at radius 1 is 1.09 bits per heavy atom. The van der Waals surface area contributed by atoms with Crippen molar-refractivity contribution in [2.24, 2.45) is 5.10 Å². The Morgan fingerprint density at radius 2 is 1.71 bits per heavy atom. The van der Waals surface area contributed by atoms with Crippen LogP contribution < -0.4 is 14.5 Å². The van der Waals surface area contributed by atoms with Crippen LogP contribution in [0.4, 0.5) is 11.4 Å². The minimum absolute atomic E-state index is 0.0170. The molecule has 0 bridgehead atoms. The molecular weight excluding hydrogens is 587 g/mol. The van der Waals surface area contributed by atoms with Crippen LogP contribution in [0.15, 0.2) is 77.9 Å². The first kappa shape index (κ1) is 26.1. The number of non-ortho nitro benzene ring substituents is 1. The second-order valence-electron chi connectivity index (χ2n) is 7.32. The van der Waals surface area contributed by atoms with Gasteiger partial charge in [0.15, 0.2) is 0 Å². The zero-order chi connectivity index (χ0) is 25.4. The molecule has 0 heterocycles. The second kappa shape index (κ2) is 11.8. The van der Waals surface area contributed by atoms with Gasteiger partial charge in [0.2, 0.25) is 10.0 Å². The van der Waals surface area contributed by atoms with Gasteiger partial charge in [-0.3, -0.25) is 19.2 Å². The molecule has 0 aromatic heterocycles. The number of amides is 1. The van der Waals surface area contributed by atoms with Gasteiger partial charge in [0, 0.05) is 15.7 Å². The molecule has 10 nitrogen and oxygen atoms in total. The summed E-state index contributed by atoms with van der Waals surface area (Å²) in [5, 5.41) is 14.6. The molecule has 35 heavy (non-hydrogen) atoms. The van der Waals surface area contributed by atoms with Crippen LogP contribution in [0.2, 0.25) is 0 Å². The number of ether oxygens (including phenoxy) is 1. The van der Waals surface area contributed by atoms with Gasteiger partial charge in [-0.1, -0.05) is 0 Å². The summed E-state index contributed by atoms with van der Waals surface area (Å²) in [5.41, 5.74) is 4.21. The van der Waals surface area contributed by atoms with Gasteiger partial charge in [0.1, 0.15) is 18.9 Å². The lowest BCUT2D eigenvalue weighted by atomic mass is 10.2. The number of anilines is 1. The summed E-state index contributed by atoms with van der Waals surface area (Å²) < 4.78 is 31.9. The minimum Gasteiger partial charge on any atom is -0.489 e. The SMILES string of the molecule is CS(=O)(=O)N(CC(=O)N/N=C\c1ccc(OCc2ccc([N+](=O)[O-])cc2)cc1)c1ccc(I)cc1. The molecule has 0 spiro atoms. The van der Waals surface area contributed by atoms with Gasteiger partial charge in [-0.25, -0.2) is 13.8 Å². The number of carbonyl (C=O) groups is 1. The maximum absolute atomic E-state index is 12.3. The zero-order valence-electron chi connectivity index (χ0n) is 18.5. The third-order valence-corrected chi connectivity index (χ3v) is 6.50. The molecule has 12 heteroatoms. The maximum Gasteiger partial charge on any atom is 0.269 e. The van der Waals surface area contributed by atoms with Crippen LogP contribution in [0.3, 0.4) is 0 Å². The average molecular weight is 608 g/mol. The summed E-state index contributed by atoms with van der Waals surface area (Å²) in [6.07, 6.45) is 2.46. The van der Waals surface area contributed by atoms with Crippen LogP contribution in [0.25, 0.3) is 0 Å². The van der Waals surface area contributed by atoms with Crippen molar-refractivity contribution in [3.05, 3.63) is 97.6 Å². The first-order valence-corrected chi connectivity index (χ1v) is 13.1. The quantitative estimate of drug-likeness (QED) is 0.162. The van der Waals surface area contributed by atoms with Crippen LogP contribution in [0.5, 0.6) is 5.75 Å². The largest absolute Gasteiger partial charge is 0.489 e. The Labute approximate surface area is 215 Å².